The molecule has 0 spiro atoms. The number of allylic oxidation sites excluding steroid dienone is 1. The van der Waals surface area contributed by atoms with Gasteiger partial charge in [-0.2, -0.15) is 4.39 Å². The van der Waals surface area contributed by atoms with Crippen LogP contribution >= 0.6 is 0 Å². The summed E-state index contributed by atoms with van der Waals surface area (Å²) in [7, 11) is 0. The molecule has 0 aromatic heterocycles. The van der Waals surface area contributed by atoms with Gasteiger partial charge in [-0.05, 0) is 23.0 Å². The number of hydrogen-bond donors (Lipinski definition) is 0. The van der Waals surface area contributed by atoms with E-state index in [1.54, 1.807) is 0 Å². The molecule has 0 amide bonds. The van der Waals surface area contributed by atoms with Crippen molar-refractivity contribution in [2.24, 2.45) is 17.3 Å². The van der Waals surface area contributed by atoms with E-state index in [2.05, 4.69) is 11.3 Å². The fraction of sp³-hybridized carbons (Fsp3) is 0.333. The second kappa shape index (κ2) is 6.77. The Morgan fingerprint density at radius 3 is 2.57 bits per heavy atom. The first-order chi connectivity index (χ1) is 10.9. The molecule has 122 valence electrons. The van der Waals surface area contributed by atoms with Crippen molar-refractivity contribution >= 4 is 11.9 Å². The van der Waals surface area contributed by atoms with Crippen molar-refractivity contribution in [2.75, 3.05) is 0 Å². The Morgan fingerprint density at radius 2 is 1.96 bits per heavy atom. The normalized spacial score (nSPS) is 22.1. The number of esters is 2. The zero-order valence-corrected chi connectivity index (χ0v) is 13.1. The van der Waals surface area contributed by atoms with E-state index in [1.807, 2.05) is 44.2 Å². The SMILES string of the molecule is C=COC(=O)/C(F)=C\[C@H]1[C@@H](C(=O)OCc2ccccc2)C1(C)C. The zero-order chi connectivity index (χ0) is 17.0. The fourth-order valence-corrected chi connectivity index (χ4v) is 2.62. The second-order valence-corrected chi connectivity index (χ2v) is 6.00. The topological polar surface area (TPSA) is 52.6 Å². The van der Waals surface area contributed by atoms with Crippen molar-refractivity contribution in [2.45, 2.75) is 20.5 Å². The highest BCUT2D eigenvalue weighted by Gasteiger charge is 2.62. The summed E-state index contributed by atoms with van der Waals surface area (Å²) >= 11 is 0. The Morgan fingerprint density at radius 1 is 1.30 bits per heavy atom. The summed E-state index contributed by atoms with van der Waals surface area (Å²) in [5.41, 5.74) is 0.423. The number of benzene rings is 1. The van der Waals surface area contributed by atoms with Gasteiger partial charge in [0.25, 0.3) is 0 Å². The quantitative estimate of drug-likeness (QED) is 0.457. The van der Waals surface area contributed by atoms with Crippen LogP contribution in [-0.2, 0) is 25.7 Å². The van der Waals surface area contributed by atoms with Gasteiger partial charge in [0.1, 0.15) is 6.61 Å². The molecule has 1 fully saturated rings. The minimum atomic E-state index is -1.11. The van der Waals surface area contributed by atoms with Crippen LogP contribution in [0.2, 0.25) is 0 Å². The van der Waals surface area contributed by atoms with Crippen LogP contribution in [0.5, 0.6) is 0 Å². The average molecular weight is 318 g/mol. The summed E-state index contributed by atoms with van der Waals surface area (Å²) in [5, 5.41) is 0. The molecule has 1 aliphatic rings. The second-order valence-electron chi connectivity index (χ2n) is 6.00. The Bertz CT molecular complexity index is 634. The highest BCUT2D eigenvalue weighted by atomic mass is 19.1. The minimum Gasteiger partial charge on any atom is -0.461 e. The summed E-state index contributed by atoms with van der Waals surface area (Å²) in [4.78, 5) is 23.4. The van der Waals surface area contributed by atoms with Crippen LogP contribution in [0.15, 0.2) is 55.1 Å². The number of hydrogen-bond acceptors (Lipinski definition) is 4. The molecule has 1 aromatic carbocycles. The van der Waals surface area contributed by atoms with E-state index in [1.165, 1.54) is 0 Å². The van der Waals surface area contributed by atoms with Crippen LogP contribution in [0.4, 0.5) is 4.39 Å². The van der Waals surface area contributed by atoms with E-state index in [4.69, 9.17) is 4.74 Å². The summed E-state index contributed by atoms with van der Waals surface area (Å²) in [6, 6.07) is 9.30. The van der Waals surface area contributed by atoms with Crippen LogP contribution in [-0.4, -0.2) is 11.9 Å². The maximum Gasteiger partial charge on any atom is 0.371 e. The molecule has 23 heavy (non-hydrogen) atoms. The summed E-state index contributed by atoms with van der Waals surface area (Å²) in [5.74, 6) is -3.41. The molecule has 5 heteroatoms. The molecule has 0 N–H and O–H groups in total. The van der Waals surface area contributed by atoms with Gasteiger partial charge in [-0.1, -0.05) is 50.8 Å². The lowest BCUT2D eigenvalue weighted by molar-refractivity contribution is -0.147. The third-order valence-electron chi connectivity index (χ3n) is 4.10. The molecule has 0 saturated heterocycles. The molecule has 0 radical (unpaired) electrons. The predicted octanol–water partition coefficient (Wildman–Crippen LogP) is 3.54. The van der Waals surface area contributed by atoms with Crippen LogP contribution in [0.3, 0.4) is 0 Å². The predicted molar refractivity (Wildman–Crippen MR) is 82.5 cm³/mol. The molecule has 0 bridgehead atoms. The molecule has 0 aliphatic heterocycles. The van der Waals surface area contributed by atoms with Crippen LogP contribution < -0.4 is 0 Å². The monoisotopic (exact) mass is 318 g/mol. The van der Waals surface area contributed by atoms with Gasteiger partial charge < -0.3 is 9.47 Å². The van der Waals surface area contributed by atoms with Crippen molar-refractivity contribution in [3.8, 4) is 0 Å². The van der Waals surface area contributed by atoms with Crippen molar-refractivity contribution in [3.05, 3.63) is 60.6 Å². The molecule has 4 nitrogen and oxygen atoms in total. The van der Waals surface area contributed by atoms with Crippen LogP contribution in [0.1, 0.15) is 19.4 Å². The molecule has 2 atom stereocenters. The standard InChI is InChI=1S/C18H19FO4/c1-4-22-16(20)14(19)10-13-15(18(13,2)3)17(21)23-11-12-8-6-5-7-9-12/h4-10,13,15H,1,11H2,2-3H3/b14-10+/t13-,15-/m0/s1. The Hall–Kier alpha value is -2.43. The number of carbonyl (C=O) groups is 2. The smallest absolute Gasteiger partial charge is 0.371 e. The Labute approximate surface area is 134 Å². The molecular weight excluding hydrogens is 299 g/mol. The van der Waals surface area contributed by atoms with Crippen molar-refractivity contribution in [1.82, 2.24) is 0 Å². The fourth-order valence-electron chi connectivity index (χ4n) is 2.62. The highest BCUT2D eigenvalue weighted by Crippen LogP contribution is 2.60. The van der Waals surface area contributed by atoms with E-state index in [0.717, 1.165) is 17.9 Å². The van der Waals surface area contributed by atoms with Crippen LogP contribution in [0, 0.1) is 17.3 Å². The van der Waals surface area contributed by atoms with Crippen molar-refractivity contribution < 1.29 is 23.5 Å². The van der Waals surface area contributed by atoms with Gasteiger partial charge in [0, 0.05) is 0 Å². The van der Waals surface area contributed by atoms with Gasteiger partial charge in [-0.3, -0.25) is 4.79 Å². The lowest BCUT2D eigenvalue weighted by Gasteiger charge is -2.05. The minimum absolute atomic E-state index is 0.170. The largest absolute Gasteiger partial charge is 0.461 e. The summed E-state index contributed by atoms with van der Waals surface area (Å²) < 4.78 is 23.3. The van der Waals surface area contributed by atoms with Gasteiger partial charge in [0.05, 0.1) is 12.2 Å². The first kappa shape index (κ1) is 16.9. The molecular formula is C18H19FO4. The van der Waals surface area contributed by atoms with Crippen LogP contribution in [0.25, 0.3) is 0 Å². The highest BCUT2D eigenvalue weighted by molar-refractivity contribution is 5.87. The number of ether oxygens (including phenoxy) is 2. The lowest BCUT2D eigenvalue weighted by Crippen LogP contribution is -2.10. The summed E-state index contributed by atoms with van der Waals surface area (Å²) in [6.45, 7) is 7.02. The van der Waals surface area contributed by atoms with Crippen molar-refractivity contribution in [3.63, 3.8) is 0 Å². The van der Waals surface area contributed by atoms with Gasteiger partial charge in [-0.15, -0.1) is 0 Å². The molecule has 1 aliphatic carbocycles. The first-order valence-electron chi connectivity index (χ1n) is 7.27. The van der Waals surface area contributed by atoms with Gasteiger partial charge in [-0.25, -0.2) is 4.79 Å². The molecule has 2 rings (SSSR count). The maximum absolute atomic E-state index is 13.7. The van der Waals surface area contributed by atoms with Gasteiger partial charge in [0.15, 0.2) is 0 Å². The maximum atomic E-state index is 13.7. The average Bonchev–Trinajstić information content (AvgIpc) is 3.06. The van der Waals surface area contributed by atoms with Crippen molar-refractivity contribution in [1.29, 1.82) is 0 Å². The summed E-state index contributed by atoms with van der Waals surface area (Å²) in [6.07, 6.45) is 1.99. The van der Waals surface area contributed by atoms with E-state index in [0.29, 0.717) is 0 Å². The zero-order valence-electron chi connectivity index (χ0n) is 13.1. The molecule has 1 saturated carbocycles. The molecule has 0 heterocycles. The third-order valence-corrected chi connectivity index (χ3v) is 4.10. The van der Waals surface area contributed by atoms with E-state index < -0.39 is 35.0 Å². The van der Waals surface area contributed by atoms with E-state index in [-0.39, 0.29) is 6.61 Å². The number of rotatable bonds is 6. The van der Waals surface area contributed by atoms with Gasteiger partial charge >= 0.3 is 11.9 Å². The Balaban J connectivity index is 1.97. The molecule has 1 aromatic rings. The van der Waals surface area contributed by atoms with Gasteiger partial charge in [0.2, 0.25) is 5.83 Å². The third kappa shape index (κ3) is 3.86. The Kier molecular flexibility index (Phi) is 4.98. The lowest BCUT2D eigenvalue weighted by atomic mass is 10.1. The first-order valence-corrected chi connectivity index (χ1v) is 7.27. The van der Waals surface area contributed by atoms with E-state index >= 15 is 0 Å². The molecule has 0 unspecified atom stereocenters. The van der Waals surface area contributed by atoms with E-state index in [9.17, 15) is 14.0 Å². The number of carbonyl (C=O) groups excluding carboxylic acids is 2. The number of halogens is 1.